The Bertz CT molecular complexity index is 1050. The van der Waals surface area contributed by atoms with Gasteiger partial charge in [0.15, 0.2) is 5.78 Å². The third-order valence-electron chi connectivity index (χ3n) is 5.94. The Kier molecular flexibility index (Phi) is 5.46. The molecule has 0 saturated carbocycles. The minimum Gasteiger partial charge on any atom is -0.357 e. The standard InChI is InChI=1S/C26H29FN2O2/c1-16(2)13-23(31)29-21-8-6-5-7-19(21)28-20-14-26(3,4)15-22(30)24(20)25(29)17-9-11-18(27)12-10-17/h5-12,16,25,28H,13-15H2,1-4H3. The van der Waals surface area contributed by atoms with Gasteiger partial charge in [0.05, 0.1) is 17.4 Å². The molecule has 31 heavy (non-hydrogen) atoms. The van der Waals surface area contributed by atoms with Crippen molar-refractivity contribution in [1.29, 1.82) is 0 Å². The molecule has 4 nitrogen and oxygen atoms in total. The number of para-hydroxylation sites is 2. The van der Waals surface area contributed by atoms with Crippen LogP contribution in [0.5, 0.6) is 0 Å². The maximum absolute atomic E-state index is 13.7. The van der Waals surface area contributed by atoms with Crippen molar-refractivity contribution in [3.8, 4) is 0 Å². The lowest BCUT2D eigenvalue weighted by Crippen LogP contribution is -2.40. The average molecular weight is 421 g/mol. The van der Waals surface area contributed by atoms with Crippen molar-refractivity contribution >= 4 is 23.1 Å². The van der Waals surface area contributed by atoms with Crippen molar-refractivity contribution in [3.05, 3.63) is 71.2 Å². The quantitative estimate of drug-likeness (QED) is 0.661. The third-order valence-corrected chi connectivity index (χ3v) is 5.94. The summed E-state index contributed by atoms with van der Waals surface area (Å²) in [7, 11) is 0. The van der Waals surface area contributed by atoms with Crippen LogP contribution < -0.4 is 10.2 Å². The van der Waals surface area contributed by atoms with Gasteiger partial charge in [-0.05, 0) is 47.6 Å². The second kappa shape index (κ2) is 7.95. The highest BCUT2D eigenvalue weighted by atomic mass is 19.1. The fourth-order valence-electron chi connectivity index (χ4n) is 4.67. The van der Waals surface area contributed by atoms with Gasteiger partial charge in [-0.2, -0.15) is 0 Å². The van der Waals surface area contributed by atoms with Crippen molar-refractivity contribution in [2.75, 3.05) is 10.2 Å². The molecule has 2 aliphatic rings. The topological polar surface area (TPSA) is 49.4 Å². The maximum atomic E-state index is 13.7. The first-order valence-corrected chi connectivity index (χ1v) is 10.9. The number of benzene rings is 2. The second-order valence-corrected chi connectivity index (χ2v) is 9.79. The Balaban J connectivity index is 1.98. The zero-order valence-corrected chi connectivity index (χ0v) is 18.5. The van der Waals surface area contributed by atoms with Gasteiger partial charge in [0.25, 0.3) is 0 Å². The van der Waals surface area contributed by atoms with Gasteiger partial charge in [-0.3, -0.25) is 14.5 Å². The van der Waals surface area contributed by atoms with E-state index in [4.69, 9.17) is 0 Å². The molecule has 1 heterocycles. The van der Waals surface area contributed by atoms with Crippen LogP contribution in [0.1, 0.15) is 58.6 Å². The molecule has 0 aromatic heterocycles. The molecule has 1 amide bonds. The monoisotopic (exact) mass is 420 g/mol. The van der Waals surface area contributed by atoms with Gasteiger partial charge >= 0.3 is 0 Å². The molecular weight excluding hydrogens is 391 g/mol. The number of nitrogens with zero attached hydrogens (tertiary/aromatic N) is 1. The first-order valence-electron chi connectivity index (χ1n) is 10.9. The molecule has 0 saturated heterocycles. The highest BCUT2D eigenvalue weighted by Crippen LogP contribution is 2.48. The van der Waals surface area contributed by atoms with Gasteiger partial charge in [0, 0.05) is 24.1 Å². The minimum absolute atomic E-state index is 0.0308. The first-order chi connectivity index (χ1) is 14.7. The molecule has 0 fully saturated rings. The molecule has 162 valence electrons. The van der Waals surface area contributed by atoms with Crippen LogP contribution in [0.2, 0.25) is 0 Å². The molecule has 1 aliphatic carbocycles. The zero-order valence-electron chi connectivity index (χ0n) is 18.5. The van der Waals surface area contributed by atoms with E-state index in [0.29, 0.717) is 24.8 Å². The lowest BCUT2D eigenvalue weighted by atomic mass is 9.73. The fraction of sp³-hybridized carbons (Fsp3) is 0.385. The van der Waals surface area contributed by atoms with E-state index in [1.807, 2.05) is 38.1 Å². The highest BCUT2D eigenvalue weighted by Gasteiger charge is 2.43. The number of anilines is 2. The molecule has 1 N–H and O–H groups in total. The van der Waals surface area contributed by atoms with Crippen LogP contribution in [-0.2, 0) is 9.59 Å². The lowest BCUT2D eigenvalue weighted by Gasteiger charge is -2.37. The van der Waals surface area contributed by atoms with Gasteiger partial charge in [-0.1, -0.05) is 52.0 Å². The van der Waals surface area contributed by atoms with Crippen LogP contribution in [0.15, 0.2) is 59.8 Å². The van der Waals surface area contributed by atoms with Crippen LogP contribution in [0.3, 0.4) is 0 Å². The number of amides is 1. The number of carbonyl (C=O) groups is 2. The Labute approximate surface area is 183 Å². The Morgan fingerprint density at radius 2 is 1.81 bits per heavy atom. The van der Waals surface area contributed by atoms with Crippen LogP contribution in [0.25, 0.3) is 0 Å². The molecule has 5 heteroatoms. The van der Waals surface area contributed by atoms with Gasteiger partial charge in [-0.25, -0.2) is 4.39 Å². The van der Waals surface area contributed by atoms with E-state index < -0.39 is 6.04 Å². The molecule has 2 aromatic carbocycles. The summed E-state index contributed by atoms with van der Waals surface area (Å²) in [4.78, 5) is 28.8. The molecule has 1 aliphatic heterocycles. The number of fused-ring (bicyclic) bond motifs is 1. The fourth-order valence-corrected chi connectivity index (χ4v) is 4.67. The third kappa shape index (κ3) is 4.14. The summed E-state index contributed by atoms with van der Waals surface area (Å²) in [6.45, 7) is 8.18. The Hall–Kier alpha value is -2.95. The predicted octanol–water partition coefficient (Wildman–Crippen LogP) is 6.01. The number of rotatable bonds is 3. The van der Waals surface area contributed by atoms with Crippen LogP contribution in [0, 0.1) is 17.2 Å². The summed E-state index contributed by atoms with van der Waals surface area (Å²) in [5.74, 6) is -0.200. The average Bonchev–Trinajstić information content (AvgIpc) is 2.81. The van der Waals surface area contributed by atoms with Crippen LogP contribution in [0.4, 0.5) is 15.8 Å². The largest absolute Gasteiger partial charge is 0.357 e. The van der Waals surface area contributed by atoms with Gasteiger partial charge < -0.3 is 5.32 Å². The Morgan fingerprint density at radius 3 is 2.48 bits per heavy atom. The summed E-state index contributed by atoms with van der Waals surface area (Å²) >= 11 is 0. The summed E-state index contributed by atoms with van der Waals surface area (Å²) in [5, 5.41) is 3.49. The molecule has 1 atom stereocenters. The second-order valence-electron chi connectivity index (χ2n) is 9.79. The molecule has 1 unspecified atom stereocenters. The van der Waals surface area contributed by atoms with Crippen LogP contribution in [-0.4, -0.2) is 11.7 Å². The number of ketones is 1. The number of nitrogens with one attached hydrogen (secondary N) is 1. The number of carbonyl (C=O) groups excluding carboxylic acids is 2. The SMILES string of the molecule is CC(C)CC(=O)N1c2ccccc2NC2=C(C(=O)CC(C)(C)C2)C1c1ccc(F)cc1. The Morgan fingerprint density at radius 1 is 1.13 bits per heavy atom. The predicted molar refractivity (Wildman–Crippen MR) is 121 cm³/mol. The molecule has 0 radical (unpaired) electrons. The van der Waals surface area contributed by atoms with E-state index in [-0.39, 0.29) is 28.8 Å². The number of allylic oxidation sites excluding steroid dienone is 1. The van der Waals surface area contributed by atoms with Crippen molar-refractivity contribution < 1.29 is 14.0 Å². The maximum Gasteiger partial charge on any atom is 0.228 e. The van der Waals surface area contributed by atoms with Crippen molar-refractivity contribution in [3.63, 3.8) is 0 Å². The normalized spacial score (nSPS) is 20.1. The number of halogens is 1. The summed E-state index contributed by atoms with van der Waals surface area (Å²) in [5.41, 5.74) is 3.56. The molecule has 0 spiro atoms. The molecule has 4 rings (SSSR count). The summed E-state index contributed by atoms with van der Waals surface area (Å²) in [6, 6.07) is 13.2. The van der Waals surface area contributed by atoms with E-state index in [9.17, 15) is 14.0 Å². The molecule has 0 bridgehead atoms. The van der Waals surface area contributed by atoms with Gasteiger partial charge in [-0.15, -0.1) is 0 Å². The van der Waals surface area contributed by atoms with Gasteiger partial charge in [0.1, 0.15) is 5.82 Å². The van der Waals surface area contributed by atoms with E-state index in [0.717, 1.165) is 22.6 Å². The molecular formula is C26H29FN2O2. The zero-order chi connectivity index (χ0) is 22.3. The van der Waals surface area contributed by atoms with E-state index in [1.54, 1.807) is 17.0 Å². The highest BCUT2D eigenvalue weighted by molar-refractivity contribution is 6.06. The van der Waals surface area contributed by atoms with Crippen molar-refractivity contribution in [2.45, 2.75) is 53.0 Å². The minimum atomic E-state index is -0.596. The van der Waals surface area contributed by atoms with Crippen molar-refractivity contribution in [2.24, 2.45) is 11.3 Å². The molecule has 2 aromatic rings. The number of hydrogen-bond donors (Lipinski definition) is 1. The van der Waals surface area contributed by atoms with Crippen molar-refractivity contribution in [1.82, 2.24) is 0 Å². The lowest BCUT2D eigenvalue weighted by molar-refractivity contribution is -0.120. The van der Waals surface area contributed by atoms with E-state index in [2.05, 4.69) is 19.2 Å². The number of Topliss-reactive ketones (excluding diaryl/α,β-unsaturated/α-hetero) is 1. The smallest absolute Gasteiger partial charge is 0.228 e. The summed E-state index contributed by atoms with van der Waals surface area (Å²) < 4.78 is 13.7. The van der Waals surface area contributed by atoms with Crippen LogP contribution >= 0.6 is 0 Å². The van der Waals surface area contributed by atoms with Gasteiger partial charge in [0.2, 0.25) is 5.91 Å². The summed E-state index contributed by atoms with van der Waals surface area (Å²) in [6.07, 6.45) is 1.47. The van der Waals surface area contributed by atoms with E-state index in [1.165, 1.54) is 12.1 Å². The first kappa shape index (κ1) is 21.3. The van der Waals surface area contributed by atoms with E-state index >= 15 is 0 Å². The number of hydrogen-bond acceptors (Lipinski definition) is 3.